The van der Waals surface area contributed by atoms with Gasteiger partial charge in [0, 0.05) is 30.6 Å². The molecule has 9 heteroatoms. The first-order valence-electron chi connectivity index (χ1n) is 12.1. The molecule has 3 saturated heterocycles. The molecule has 2 bridgehead atoms. The number of nitrogens with zero attached hydrogens (tertiary/aromatic N) is 7. The fourth-order valence-corrected chi connectivity index (χ4v) is 5.27. The Kier molecular flexibility index (Phi) is 5.44. The maximum absolute atomic E-state index is 15.3. The SMILES string of the molecule is Cc1ncc(-c2nc3c(C)nc(C)nc3n2Cc2ccc(OC3CN4CCC3CC4)cc2F)cn1. The molecule has 1 aromatic carbocycles. The van der Waals surface area contributed by atoms with Gasteiger partial charge in [0.25, 0.3) is 0 Å². The Balaban J connectivity index is 1.34. The van der Waals surface area contributed by atoms with Gasteiger partial charge < -0.3 is 9.30 Å². The number of piperidine rings is 3. The fraction of sp³-hybridized carbons (Fsp3) is 0.423. The second kappa shape index (κ2) is 8.64. The summed E-state index contributed by atoms with van der Waals surface area (Å²) in [6, 6.07) is 5.18. The lowest BCUT2D eigenvalue weighted by molar-refractivity contribution is -0.00789. The normalized spacial score (nSPS) is 21.5. The molecular weight excluding hydrogens is 445 g/mol. The zero-order valence-corrected chi connectivity index (χ0v) is 20.2. The lowest BCUT2D eigenvalue weighted by atomic mass is 9.86. The molecule has 1 unspecified atom stereocenters. The van der Waals surface area contributed by atoms with Crippen molar-refractivity contribution >= 4 is 11.2 Å². The van der Waals surface area contributed by atoms with Crippen LogP contribution in [0.25, 0.3) is 22.6 Å². The Hall–Kier alpha value is -3.46. The molecule has 180 valence electrons. The van der Waals surface area contributed by atoms with Crippen LogP contribution in [0.3, 0.4) is 0 Å². The van der Waals surface area contributed by atoms with Gasteiger partial charge in [0.05, 0.1) is 17.8 Å². The van der Waals surface area contributed by atoms with E-state index in [0.717, 1.165) is 43.7 Å². The number of ether oxygens (including phenoxy) is 1. The number of hydrogen-bond acceptors (Lipinski definition) is 7. The number of imidazole rings is 1. The molecule has 1 atom stereocenters. The first-order valence-corrected chi connectivity index (χ1v) is 12.1. The minimum atomic E-state index is -0.306. The van der Waals surface area contributed by atoms with Crippen LogP contribution < -0.4 is 4.74 Å². The summed E-state index contributed by atoms with van der Waals surface area (Å²) >= 11 is 0. The third-order valence-electron chi connectivity index (χ3n) is 7.16. The average Bonchev–Trinajstić information content (AvgIpc) is 3.20. The lowest BCUT2D eigenvalue weighted by Gasteiger charge is -2.44. The van der Waals surface area contributed by atoms with Crippen LogP contribution in [-0.2, 0) is 6.54 Å². The van der Waals surface area contributed by atoms with E-state index in [2.05, 4.69) is 24.8 Å². The van der Waals surface area contributed by atoms with Crippen molar-refractivity contribution in [1.82, 2.24) is 34.4 Å². The summed E-state index contributed by atoms with van der Waals surface area (Å²) in [6.45, 7) is 9.07. The molecule has 3 aromatic heterocycles. The highest BCUT2D eigenvalue weighted by molar-refractivity contribution is 5.79. The molecule has 7 rings (SSSR count). The number of halogens is 1. The van der Waals surface area contributed by atoms with Gasteiger partial charge in [-0.2, -0.15) is 0 Å². The van der Waals surface area contributed by atoms with Gasteiger partial charge in [-0.1, -0.05) is 6.07 Å². The first-order chi connectivity index (χ1) is 16.9. The van der Waals surface area contributed by atoms with E-state index in [1.807, 2.05) is 31.4 Å². The number of hydrogen-bond donors (Lipinski definition) is 0. The predicted molar refractivity (Wildman–Crippen MR) is 130 cm³/mol. The molecule has 0 saturated carbocycles. The maximum atomic E-state index is 15.3. The van der Waals surface area contributed by atoms with Crippen molar-refractivity contribution in [2.45, 2.75) is 46.3 Å². The zero-order chi connectivity index (χ0) is 24.1. The van der Waals surface area contributed by atoms with Crippen molar-refractivity contribution in [3.8, 4) is 17.1 Å². The molecule has 0 N–H and O–H groups in total. The minimum Gasteiger partial charge on any atom is -0.489 e. The van der Waals surface area contributed by atoms with Gasteiger partial charge in [-0.05, 0) is 58.7 Å². The molecule has 0 radical (unpaired) electrons. The maximum Gasteiger partial charge on any atom is 0.164 e. The molecule has 4 aromatic rings. The highest BCUT2D eigenvalue weighted by atomic mass is 19.1. The van der Waals surface area contributed by atoms with Gasteiger partial charge in [-0.3, -0.25) is 4.90 Å². The van der Waals surface area contributed by atoms with Crippen LogP contribution in [0.5, 0.6) is 5.75 Å². The third-order valence-corrected chi connectivity index (χ3v) is 7.16. The zero-order valence-electron chi connectivity index (χ0n) is 20.2. The molecular formula is C26H28FN7O. The second-order valence-corrected chi connectivity index (χ2v) is 9.62. The molecule has 6 heterocycles. The van der Waals surface area contributed by atoms with Gasteiger partial charge >= 0.3 is 0 Å². The van der Waals surface area contributed by atoms with Crippen LogP contribution in [0, 0.1) is 32.5 Å². The topological polar surface area (TPSA) is 81.8 Å². The van der Waals surface area contributed by atoms with E-state index in [4.69, 9.17) is 9.72 Å². The number of fused-ring (bicyclic) bond motifs is 4. The standard InChI is InChI=1S/C26H28FN7O/c1-15-24-26(31-17(3)30-15)34(25(32-24)20-11-28-16(2)29-12-20)13-19-4-5-21(10-22(19)27)35-23-14-33-8-6-18(23)7-9-33/h4-5,10-12,18,23H,6-9,13-14H2,1-3H3. The van der Waals surface area contributed by atoms with Crippen LogP contribution in [-0.4, -0.2) is 60.1 Å². The van der Waals surface area contributed by atoms with Crippen LogP contribution >= 0.6 is 0 Å². The van der Waals surface area contributed by atoms with Gasteiger partial charge in [-0.25, -0.2) is 29.3 Å². The van der Waals surface area contributed by atoms with E-state index in [0.29, 0.717) is 45.9 Å². The highest BCUT2D eigenvalue weighted by Gasteiger charge is 2.35. The molecule has 3 aliphatic heterocycles. The largest absolute Gasteiger partial charge is 0.489 e. The van der Waals surface area contributed by atoms with Gasteiger partial charge in [0.15, 0.2) is 5.65 Å². The van der Waals surface area contributed by atoms with Crippen molar-refractivity contribution in [2.75, 3.05) is 19.6 Å². The van der Waals surface area contributed by atoms with Crippen LogP contribution in [0.15, 0.2) is 30.6 Å². The Labute approximate surface area is 203 Å². The summed E-state index contributed by atoms with van der Waals surface area (Å²) in [5.74, 6) is 2.79. The van der Waals surface area contributed by atoms with Gasteiger partial charge in [-0.15, -0.1) is 0 Å². The fourth-order valence-electron chi connectivity index (χ4n) is 5.27. The van der Waals surface area contributed by atoms with E-state index >= 15 is 4.39 Å². The van der Waals surface area contributed by atoms with Crippen LogP contribution in [0.2, 0.25) is 0 Å². The monoisotopic (exact) mass is 473 g/mol. The van der Waals surface area contributed by atoms with Crippen molar-refractivity contribution in [3.05, 3.63) is 59.3 Å². The van der Waals surface area contributed by atoms with Gasteiger partial charge in [0.2, 0.25) is 0 Å². The number of aromatic nitrogens is 6. The molecule has 8 nitrogen and oxygen atoms in total. The third kappa shape index (κ3) is 4.14. The van der Waals surface area contributed by atoms with Crippen molar-refractivity contribution in [1.29, 1.82) is 0 Å². The smallest absolute Gasteiger partial charge is 0.164 e. The molecule has 0 spiro atoms. The quantitative estimate of drug-likeness (QED) is 0.435. The van der Waals surface area contributed by atoms with Gasteiger partial charge in [0.1, 0.15) is 40.7 Å². The van der Waals surface area contributed by atoms with E-state index in [-0.39, 0.29) is 18.5 Å². The van der Waals surface area contributed by atoms with Crippen molar-refractivity contribution in [2.24, 2.45) is 5.92 Å². The molecule has 0 aliphatic carbocycles. The summed E-state index contributed by atoms with van der Waals surface area (Å²) in [7, 11) is 0. The van der Waals surface area contributed by atoms with E-state index in [1.165, 1.54) is 6.07 Å². The Morgan fingerprint density at radius 3 is 2.46 bits per heavy atom. The van der Waals surface area contributed by atoms with E-state index in [1.54, 1.807) is 18.5 Å². The number of benzene rings is 1. The predicted octanol–water partition coefficient (Wildman–Crippen LogP) is 3.87. The first kappa shape index (κ1) is 22.0. The average molecular weight is 474 g/mol. The second-order valence-electron chi connectivity index (χ2n) is 9.62. The summed E-state index contributed by atoms with van der Waals surface area (Å²) in [4.78, 5) is 25.0. The van der Waals surface area contributed by atoms with Crippen molar-refractivity contribution in [3.63, 3.8) is 0 Å². The Bertz CT molecular complexity index is 1390. The van der Waals surface area contributed by atoms with Crippen LogP contribution in [0.4, 0.5) is 4.39 Å². The number of rotatable bonds is 5. The van der Waals surface area contributed by atoms with Crippen LogP contribution in [0.1, 0.15) is 35.7 Å². The molecule has 0 amide bonds. The number of aryl methyl sites for hydroxylation is 3. The molecule has 35 heavy (non-hydrogen) atoms. The summed E-state index contributed by atoms with van der Waals surface area (Å²) in [5, 5.41) is 0. The van der Waals surface area contributed by atoms with E-state index < -0.39 is 0 Å². The Morgan fingerprint density at radius 2 is 1.77 bits per heavy atom. The highest BCUT2D eigenvalue weighted by Crippen LogP contribution is 2.32. The van der Waals surface area contributed by atoms with E-state index in [9.17, 15) is 0 Å². The molecule has 3 aliphatic rings. The summed E-state index contributed by atoms with van der Waals surface area (Å²) in [5.41, 5.74) is 3.41. The minimum absolute atomic E-state index is 0.135. The summed E-state index contributed by atoms with van der Waals surface area (Å²) < 4.78 is 23.5. The van der Waals surface area contributed by atoms with Crippen molar-refractivity contribution < 1.29 is 9.13 Å². The lowest BCUT2D eigenvalue weighted by Crippen LogP contribution is -2.52. The Morgan fingerprint density at radius 1 is 1.00 bits per heavy atom. The summed E-state index contributed by atoms with van der Waals surface area (Å²) in [6.07, 6.45) is 5.92. The molecule has 3 fully saturated rings.